The third-order valence-electron chi connectivity index (χ3n) is 4.54. The van der Waals surface area contributed by atoms with Gasteiger partial charge in [0.15, 0.2) is 0 Å². The van der Waals surface area contributed by atoms with Crippen LogP contribution in [0.1, 0.15) is 27.0 Å². The zero-order valence-electron chi connectivity index (χ0n) is 15.7. The van der Waals surface area contributed by atoms with Gasteiger partial charge in [-0.05, 0) is 42.3 Å². The predicted octanol–water partition coefficient (Wildman–Crippen LogP) is 5.22. The molecule has 0 N–H and O–H groups in total. The van der Waals surface area contributed by atoms with Crippen molar-refractivity contribution < 1.29 is 18.0 Å². The van der Waals surface area contributed by atoms with E-state index in [1.54, 1.807) is 18.3 Å². The first-order chi connectivity index (χ1) is 13.7. The van der Waals surface area contributed by atoms with Crippen molar-refractivity contribution >= 4 is 11.6 Å². The van der Waals surface area contributed by atoms with E-state index in [1.165, 1.54) is 18.1 Å². The fourth-order valence-electron chi connectivity index (χ4n) is 3.04. The molecular formula is C22H16F3N3O. The van der Waals surface area contributed by atoms with Crippen molar-refractivity contribution in [1.29, 1.82) is 5.26 Å². The van der Waals surface area contributed by atoms with Crippen molar-refractivity contribution in [1.82, 2.24) is 4.98 Å². The first-order valence-corrected chi connectivity index (χ1v) is 8.63. The Hall–Kier alpha value is -3.66. The van der Waals surface area contributed by atoms with Crippen LogP contribution in [0.4, 0.5) is 18.9 Å². The molecule has 1 aromatic heterocycles. The Morgan fingerprint density at radius 3 is 2.48 bits per heavy atom. The summed E-state index contributed by atoms with van der Waals surface area (Å²) in [7, 11) is 1.47. The number of aryl methyl sites for hydroxylation is 1. The summed E-state index contributed by atoms with van der Waals surface area (Å²) in [5.41, 5.74) is 1.53. The minimum absolute atomic E-state index is 0.224. The predicted molar refractivity (Wildman–Crippen MR) is 103 cm³/mol. The van der Waals surface area contributed by atoms with Crippen LogP contribution in [0, 0.1) is 18.3 Å². The summed E-state index contributed by atoms with van der Waals surface area (Å²) in [6.45, 7) is 1.92. The molecule has 0 unspecified atom stereocenters. The average molecular weight is 395 g/mol. The van der Waals surface area contributed by atoms with Gasteiger partial charge in [-0.1, -0.05) is 24.3 Å². The Bertz CT molecular complexity index is 1120. The molecule has 7 heteroatoms. The quantitative estimate of drug-likeness (QED) is 0.611. The van der Waals surface area contributed by atoms with Gasteiger partial charge in [-0.2, -0.15) is 18.4 Å². The smallest absolute Gasteiger partial charge is 0.309 e. The lowest BCUT2D eigenvalue weighted by Gasteiger charge is -2.22. The molecule has 0 aliphatic heterocycles. The van der Waals surface area contributed by atoms with Gasteiger partial charge in [-0.15, -0.1) is 0 Å². The van der Waals surface area contributed by atoms with E-state index in [0.29, 0.717) is 5.69 Å². The summed E-state index contributed by atoms with van der Waals surface area (Å²) in [6.07, 6.45) is -1.60. The third kappa shape index (κ3) is 4.11. The van der Waals surface area contributed by atoms with Crippen LogP contribution in [-0.2, 0) is 6.18 Å². The zero-order chi connectivity index (χ0) is 21.2. The van der Waals surface area contributed by atoms with Crippen molar-refractivity contribution in [2.75, 3.05) is 11.9 Å². The number of hydrogen-bond donors (Lipinski definition) is 0. The maximum absolute atomic E-state index is 13.2. The Labute approximate surface area is 165 Å². The molecule has 1 heterocycles. The van der Waals surface area contributed by atoms with Gasteiger partial charge in [-0.3, -0.25) is 9.78 Å². The molecular weight excluding hydrogens is 379 g/mol. The first kappa shape index (κ1) is 20.1. The number of halogens is 3. The molecule has 0 radical (unpaired) electrons. The van der Waals surface area contributed by atoms with Crippen molar-refractivity contribution in [3.63, 3.8) is 0 Å². The molecule has 0 aliphatic carbocycles. The molecule has 0 fully saturated rings. The second kappa shape index (κ2) is 7.76. The topological polar surface area (TPSA) is 57.0 Å². The highest BCUT2D eigenvalue weighted by Crippen LogP contribution is 2.34. The van der Waals surface area contributed by atoms with E-state index in [9.17, 15) is 18.0 Å². The standard InChI is InChI=1S/C22H16F3N3O/c1-14-5-3-4-6-18(14)19-7-8-27-13-20(19)28(2)21(29)16-9-15(12-26)10-17(11-16)22(23,24)25/h3-11,13H,1-2H3. The van der Waals surface area contributed by atoms with Gasteiger partial charge in [0.05, 0.1) is 29.1 Å². The van der Waals surface area contributed by atoms with E-state index < -0.39 is 17.6 Å². The van der Waals surface area contributed by atoms with E-state index in [2.05, 4.69) is 4.98 Å². The van der Waals surface area contributed by atoms with Crippen LogP contribution in [0.2, 0.25) is 0 Å². The second-order valence-electron chi connectivity index (χ2n) is 6.48. The number of alkyl halides is 3. The number of nitrogens with zero attached hydrogens (tertiary/aromatic N) is 3. The molecule has 0 atom stereocenters. The summed E-state index contributed by atoms with van der Waals surface area (Å²) in [5, 5.41) is 9.06. The van der Waals surface area contributed by atoms with Crippen LogP contribution >= 0.6 is 0 Å². The Kier molecular flexibility index (Phi) is 5.37. The Morgan fingerprint density at radius 2 is 1.83 bits per heavy atom. The lowest BCUT2D eigenvalue weighted by molar-refractivity contribution is -0.137. The highest BCUT2D eigenvalue weighted by Gasteiger charge is 2.32. The van der Waals surface area contributed by atoms with E-state index in [4.69, 9.17) is 5.26 Å². The molecule has 0 aliphatic rings. The molecule has 0 spiro atoms. The van der Waals surface area contributed by atoms with E-state index in [-0.39, 0.29) is 11.1 Å². The number of aromatic nitrogens is 1. The van der Waals surface area contributed by atoms with E-state index in [1.807, 2.05) is 31.2 Å². The molecule has 3 aromatic rings. The third-order valence-corrected chi connectivity index (χ3v) is 4.54. The molecule has 3 rings (SSSR count). The fraction of sp³-hybridized carbons (Fsp3) is 0.136. The van der Waals surface area contributed by atoms with Crippen LogP contribution < -0.4 is 4.90 Å². The lowest BCUT2D eigenvalue weighted by atomic mass is 9.99. The highest BCUT2D eigenvalue weighted by atomic mass is 19.4. The average Bonchev–Trinajstić information content (AvgIpc) is 2.72. The van der Waals surface area contributed by atoms with Crippen molar-refractivity contribution in [2.24, 2.45) is 0 Å². The largest absolute Gasteiger partial charge is 0.416 e. The van der Waals surface area contributed by atoms with E-state index >= 15 is 0 Å². The van der Waals surface area contributed by atoms with Gasteiger partial charge in [0.25, 0.3) is 5.91 Å². The van der Waals surface area contributed by atoms with Crippen molar-refractivity contribution in [3.05, 3.63) is 83.2 Å². The van der Waals surface area contributed by atoms with Gasteiger partial charge in [-0.25, -0.2) is 0 Å². The number of rotatable bonds is 3. The molecule has 146 valence electrons. The monoisotopic (exact) mass is 395 g/mol. The van der Waals surface area contributed by atoms with Crippen LogP contribution in [0.25, 0.3) is 11.1 Å². The summed E-state index contributed by atoms with van der Waals surface area (Å²) in [4.78, 5) is 18.3. The minimum Gasteiger partial charge on any atom is -0.309 e. The SMILES string of the molecule is Cc1ccccc1-c1ccncc1N(C)C(=O)c1cc(C#N)cc(C(F)(F)F)c1. The molecule has 2 aromatic carbocycles. The van der Waals surface area contributed by atoms with Crippen molar-refractivity contribution in [2.45, 2.75) is 13.1 Å². The number of carbonyl (C=O) groups is 1. The summed E-state index contributed by atoms with van der Waals surface area (Å²) in [5.74, 6) is -0.671. The maximum atomic E-state index is 13.2. The van der Waals surface area contributed by atoms with Crippen LogP contribution in [0.3, 0.4) is 0 Å². The van der Waals surface area contributed by atoms with Crippen LogP contribution in [-0.4, -0.2) is 17.9 Å². The molecule has 0 saturated heterocycles. The van der Waals surface area contributed by atoms with Gasteiger partial charge >= 0.3 is 6.18 Å². The van der Waals surface area contributed by atoms with Crippen LogP contribution in [0.15, 0.2) is 60.9 Å². The maximum Gasteiger partial charge on any atom is 0.416 e. The number of carbonyl (C=O) groups excluding carboxylic acids is 1. The molecule has 0 saturated carbocycles. The van der Waals surface area contributed by atoms with E-state index in [0.717, 1.165) is 34.9 Å². The Balaban J connectivity index is 2.07. The van der Waals surface area contributed by atoms with Gasteiger partial charge in [0, 0.05) is 24.4 Å². The van der Waals surface area contributed by atoms with Crippen molar-refractivity contribution in [3.8, 4) is 17.2 Å². The molecule has 0 bridgehead atoms. The summed E-state index contributed by atoms with van der Waals surface area (Å²) < 4.78 is 39.5. The first-order valence-electron chi connectivity index (χ1n) is 8.63. The summed E-state index contributed by atoms with van der Waals surface area (Å²) >= 11 is 0. The Morgan fingerprint density at radius 1 is 1.10 bits per heavy atom. The van der Waals surface area contributed by atoms with Gasteiger partial charge in [0.2, 0.25) is 0 Å². The van der Waals surface area contributed by atoms with Gasteiger partial charge in [0.1, 0.15) is 0 Å². The minimum atomic E-state index is -4.67. The summed E-state index contributed by atoms with van der Waals surface area (Å²) in [6, 6.07) is 13.6. The second-order valence-corrected chi connectivity index (χ2v) is 6.48. The molecule has 1 amide bonds. The number of pyridine rings is 1. The number of nitriles is 1. The van der Waals surface area contributed by atoms with Crippen LogP contribution in [0.5, 0.6) is 0 Å². The molecule has 4 nitrogen and oxygen atoms in total. The fourth-order valence-corrected chi connectivity index (χ4v) is 3.04. The number of benzene rings is 2. The zero-order valence-corrected chi connectivity index (χ0v) is 15.7. The normalized spacial score (nSPS) is 11.0. The van der Waals surface area contributed by atoms with Gasteiger partial charge < -0.3 is 4.90 Å². The lowest BCUT2D eigenvalue weighted by Crippen LogP contribution is -2.27. The number of amides is 1. The highest BCUT2D eigenvalue weighted by molar-refractivity contribution is 6.08. The number of hydrogen-bond acceptors (Lipinski definition) is 3. The molecule has 29 heavy (non-hydrogen) atoms. The number of anilines is 1.